The number of ether oxygens (including phenoxy) is 2. The summed E-state index contributed by atoms with van der Waals surface area (Å²) in [7, 11) is 1.58. The molecule has 2 aromatic rings. The minimum Gasteiger partial charge on any atom is -0.496 e. The molecule has 0 spiro atoms. The molecule has 21 heavy (non-hydrogen) atoms. The third-order valence-corrected chi connectivity index (χ3v) is 4.19. The number of cyclic esters (lactones) is 1. The average Bonchev–Trinajstić information content (AvgIpc) is 3.10. The minimum absolute atomic E-state index is 0.259. The molecular weight excluding hydrogens is 354 g/mol. The molecule has 106 valence electrons. The SMILES string of the molecule is COc1ccc(Br)cc1/C=C1/N=C(c2cccs2)OC1=O. The number of aliphatic imine (C=N–C) groups is 1. The third kappa shape index (κ3) is 2.91. The van der Waals surface area contributed by atoms with Gasteiger partial charge in [-0.3, -0.25) is 0 Å². The van der Waals surface area contributed by atoms with Crippen molar-refractivity contribution in [3.63, 3.8) is 0 Å². The highest BCUT2D eigenvalue weighted by atomic mass is 79.9. The number of methoxy groups -OCH3 is 1. The number of thiophene rings is 1. The van der Waals surface area contributed by atoms with Gasteiger partial charge in [0.1, 0.15) is 5.75 Å². The summed E-state index contributed by atoms with van der Waals surface area (Å²) in [6.07, 6.45) is 1.66. The Bertz CT molecular complexity index is 750. The van der Waals surface area contributed by atoms with Crippen LogP contribution in [0.1, 0.15) is 10.4 Å². The van der Waals surface area contributed by atoms with Crippen LogP contribution >= 0.6 is 27.3 Å². The van der Waals surface area contributed by atoms with Crippen LogP contribution in [0.15, 0.2) is 50.9 Å². The van der Waals surface area contributed by atoms with Gasteiger partial charge in [0.25, 0.3) is 0 Å². The second-order valence-electron chi connectivity index (χ2n) is 4.20. The molecule has 1 aliphatic heterocycles. The van der Waals surface area contributed by atoms with Gasteiger partial charge in [0.2, 0.25) is 5.90 Å². The second kappa shape index (κ2) is 5.83. The zero-order valence-corrected chi connectivity index (χ0v) is 13.4. The summed E-state index contributed by atoms with van der Waals surface area (Å²) in [5, 5.41) is 1.91. The Kier molecular flexibility index (Phi) is 3.90. The van der Waals surface area contributed by atoms with E-state index < -0.39 is 5.97 Å². The summed E-state index contributed by atoms with van der Waals surface area (Å²) in [4.78, 5) is 17.0. The topological polar surface area (TPSA) is 47.9 Å². The molecule has 0 radical (unpaired) electrons. The van der Waals surface area contributed by atoms with Crippen LogP contribution in [0.25, 0.3) is 6.08 Å². The molecule has 1 aromatic carbocycles. The molecule has 0 unspecified atom stereocenters. The molecule has 0 saturated heterocycles. The maximum Gasteiger partial charge on any atom is 0.363 e. The third-order valence-electron chi connectivity index (χ3n) is 2.84. The lowest BCUT2D eigenvalue weighted by Crippen LogP contribution is -2.03. The minimum atomic E-state index is -0.458. The maximum atomic E-state index is 11.9. The number of rotatable bonds is 3. The summed E-state index contributed by atoms with van der Waals surface area (Å²) in [5.41, 5.74) is 1.02. The normalized spacial score (nSPS) is 16.0. The first kappa shape index (κ1) is 14.0. The summed E-state index contributed by atoms with van der Waals surface area (Å²) in [6.45, 7) is 0. The molecule has 6 heteroatoms. The fourth-order valence-electron chi connectivity index (χ4n) is 1.88. The van der Waals surface area contributed by atoms with Crippen molar-refractivity contribution in [2.75, 3.05) is 7.11 Å². The number of nitrogens with zero attached hydrogens (tertiary/aromatic N) is 1. The maximum absolute atomic E-state index is 11.9. The number of hydrogen-bond acceptors (Lipinski definition) is 5. The van der Waals surface area contributed by atoms with Gasteiger partial charge in [0, 0.05) is 10.0 Å². The van der Waals surface area contributed by atoms with Crippen LogP contribution in [0.2, 0.25) is 0 Å². The van der Waals surface area contributed by atoms with E-state index in [9.17, 15) is 4.79 Å². The zero-order chi connectivity index (χ0) is 14.8. The van der Waals surface area contributed by atoms with E-state index in [4.69, 9.17) is 9.47 Å². The van der Waals surface area contributed by atoms with Crippen LogP contribution < -0.4 is 4.74 Å². The molecule has 1 aromatic heterocycles. The van der Waals surface area contributed by atoms with E-state index in [1.807, 2.05) is 35.7 Å². The fraction of sp³-hybridized carbons (Fsp3) is 0.0667. The zero-order valence-electron chi connectivity index (χ0n) is 11.0. The van der Waals surface area contributed by atoms with Gasteiger partial charge in [-0.2, -0.15) is 0 Å². The van der Waals surface area contributed by atoms with Crippen LogP contribution in [0.5, 0.6) is 5.75 Å². The van der Waals surface area contributed by atoms with Crippen molar-refractivity contribution in [1.82, 2.24) is 0 Å². The van der Waals surface area contributed by atoms with Crippen molar-refractivity contribution in [3.05, 3.63) is 56.3 Å². The fourth-order valence-corrected chi connectivity index (χ4v) is 2.91. The summed E-state index contributed by atoms with van der Waals surface area (Å²) in [6, 6.07) is 9.29. The van der Waals surface area contributed by atoms with E-state index in [2.05, 4.69) is 20.9 Å². The van der Waals surface area contributed by atoms with Crippen LogP contribution in [-0.2, 0) is 9.53 Å². The molecule has 0 atom stereocenters. The Morgan fingerprint density at radius 2 is 2.24 bits per heavy atom. The summed E-state index contributed by atoms with van der Waals surface area (Å²) in [5.74, 6) is 0.550. The molecular formula is C15H10BrNO3S. The lowest BCUT2D eigenvalue weighted by molar-refractivity contribution is -0.129. The van der Waals surface area contributed by atoms with Gasteiger partial charge in [-0.15, -0.1) is 11.3 Å². The first-order chi connectivity index (χ1) is 10.2. The quantitative estimate of drug-likeness (QED) is 0.614. The van der Waals surface area contributed by atoms with Gasteiger partial charge in [-0.05, 0) is 35.7 Å². The molecule has 0 N–H and O–H groups in total. The smallest absolute Gasteiger partial charge is 0.363 e. The van der Waals surface area contributed by atoms with Crippen LogP contribution in [0, 0.1) is 0 Å². The van der Waals surface area contributed by atoms with Crippen molar-refractivity contribution in [2.24, 2.45) is 4.99 Å². The van der Waals surface area contributed by atoms with Crippen molar-refractivity contribution in [3.8, 4) is 5.75 Å². The number of carbonyl (C=O) groups is 1. The van der Waals surface area contributed by atoms with E-state index in [-0.39, 0.29) is 5.70 Å². The average molecular weight is 364 g/mol. The van der Waals surface area contributed by atoms with E-state index in [0.717, 1.165) is 14.9 Å². The molecule has 1 aliphatic rings. The lowest BCUT2D eigenvalue weighted by Gasteiger charge is -2.04. The van der Waals surface area contributed by atoms with Gasteiger partial charge in [0.05, 0.1) is 12.0 Å². The van der Waals surface area contributed by atoms with Crippen molar-refractivity contribution in [1.29, 1.82) is 0 Å². The highest BCUT2D eigenvalue weighted by Gasteiger charge is 2.25. The molecule has 0 fully saturated rings. The number of carbonyl (C=O) groups excluding carboxylic acids is 1. The molecule has 2 heterocycles. The Labute approximate surface area is 133 Å². The van der Waals surface area contributed by atoms with Gasteiger partial charge in [-0.1, -0.05) is 22.0 Å². The van der Waals surface area contributed by atoms with Crippen molar-refractivity contribution < 1.29 is 14.3 Å². The predicted octanol–water partition coefficient (Wildman–Crippen LogP) is 3.86. The highest BCUT2D eigenvalue weighted by molar-refractivity contribution is 9.10. The van der Waals surface area contributed by atoms with Gasteiger partial charge < -0.3 is 9.47 Å². The van der Waals surface area contributed by atoms with E-state index in [0.29, 0.717) is 11.6 Å². The highest BCUT2D eigenvalue weighted by Crippen LogP contribution is 2.27. The molecule has 0 aliphatic carbocycles. The molecule has 0 saturated carbocycles. The van der Waals surface area contributed by atoms with Gasteiger partial charge in [0.15, 0.2) is 5.70 Å². The largest absolute Gasteiger partial charge is 0.496 e. The Balaban J connectivity index is 2.00. The second-order valence-corrected chi connectivity index (χ2v) is 6.06. The lowest BCUT2D eigenvalue weighted by atomic mass is 10.1. The molecule has 4 nitrogen and oxygen atoms in total. The van der Waals surface area contributed by atoms with Crippen LogP contribution in [0.3, 0.4) is 0 Å². The number of benzene rings is 1. The van der Waals surface area contributed by atoms with Crippen molar-refractivity contribution >= 4 is 45.2 Å². The summed E-state index contributed by atoms with van der Waals surface area (Å²) >= 11 is 4.87. The van der Waals surface area contributed by atoms with E-state index in [1.54, 1.807) is 13.2 Å². The van der Waals surface area contributed by atoms with Gasteiger partial charge >= 0.3 is 5.97 Å². The Morgan fingerprint density at radius 1 is 1.38 bits per heavy atom. The number of halogens is 1. The predicted molar refractivity (Wildman–Crippen MR) is 85.6 cm³/mol. The summed E-state index contributed by atoms with van der Waals surface area (Å²) < 4.78 is 11.4. The van der Waals surface area contributed by atoms with Crippen LogP contribution in [0.4, 0.5) is 0 Å². The molecule has 0 bridgehead atoms. The van der Waals surface area contributed by atoms with Crippen LogP contribution in [-0.4, -0.2) is 19.0 Å². The first-order valence-electron chi connectivity index (χ1n) is 6.07. The van der Waals surface area contributed by atoms with Gasteiger partial charge in [-0.25, -0.2) is 9.79 Å². The Hall–Kier alpha value is -1.92. The van der Waals surface area contributed by atoms with E-state index in [1.165, 1.54) is 11.3 Å². The number of esters is 1. The standard InChI is InChI=1S/C15H10BrNO3S/c1-19-12-5-4-10(16)7-9(12)8-11-15(18)20-14(17-11)13-3-2-6-21-13/h2-8H,1H3/b11-8+. The molecule has 0 amide bonds. The van der Waals surface area contributed by atoms with Crippen molar-refractivity contribution in [2.45, 2.75) is 0 Å². The van der Waals surface area contributed by atoms with E-state index >= 15 is 0 Å². The molecule has 3 rings (SSSR count). The monoisotopic (exact) mass is 363 g/mol. The Morgan fingerprint density at radius 3 is 2.95 bits per heavy atom. The first-order valence-corrected chi connectivity index (χ1v) is 7.74. The number of hydrogen-bond donors (Lipinski definition) is 0.